The van der Waals surface area contributed by atoms with Crippen LogP contribution in [0.4, 0.5) is 5.69 Å². The van der Waals surface area contributed by atoms with E-state index in [-0.39, 0.29) is 4.90 Å². The molecule has 146 valence electrons. The summed E-state index contributed by atoms with van der Waals surface area (Å²) in [5, 5.41) is 0.907. The Morgan fingerprint density at radius 2 is 1.72 bits per heavy atom. The summed E-state index contributed by atoms with van der Waals surface area (Å²) in [7, 11) is -1.74. The van der Waals surface area contributed by atoms with Crippen LogP contribution in [0.15, 0.2) is 65.7 Å². The standard InChI is InChI=1S/C22H18IN3O2S/c1-14-7-9-15(10-8-14)29(27,28)26-21(23)18-13-25(2)19-6-4-3-5-16(19)17-11-12-24-22(26)20(17)18/h3-12H,13H2,1-2H3. The van der Waals surface area contributed by atoms with E-state index in [2.05, 4.69) is 44.6 Å². The number of hydrogen-bond acceptors (Lipinski definition) is 4. The molecule has 3 heterocycles. The normalized spacial score (nSPS) is 13.4. The number of halogens is 1. The zero-order chi connectivity index (χ0) is 20.3. The van der Waals surface area contributed by atoms with E-state index in [0.29, 0.717) is 15.9 Å². The molecule has 5 nitrogen and oxygen atoms in total. The molecule has 0 amide bonds. The first-order chi connectivity index (χ1) is 13.9. The second-order valence-corrected chi connectivity index (χ2v) is 10.1. The summed E-state index contributed by atoms with van der Waals surface area (Å²) >= 11 is 2.15. The highest BCUT2D eigenvalue weighted by Gasteiger charge is 2.31. The first kappa shape index (κ1) is 18.6. The molecule has 1 aliphatic rings. The zero-order valence-corrected chi connectivity index (χ0v) is 18.9. The van der Waals surface area contributed by atoms with Crippen molar-refractivity contribution in [2.75, 3.05) is 11.9 Å². The zero-order valence-electron chi connectivity index (χ0n) is 15.9. The topological polar surface area (TPSA) is 55.2 Å². The molecule has 2 aromatic heterocycles. The van der Waals surface area contributed by atoms with Crippen LogP contribution in [-0.2, 0) is 16.6 Å². The van der Waals surface area contributed by atoms with Crippen LogP contribution in [0.1, 0.15) is 11.1 Å². The Morgan fingerprint density at radius 1 is 1.00 bits per heavy atom. The number of aryl methyl sites for hydroxylation is 1. The average Bonchev–Trinajstić information content (AvgIpc) is 2.92. The van der Waals surface area contributed by atoms with Crippen LogP contribution in [0.3, 0.4) is 0 Å². The molecular formula is C22H18IN3O2S. The number of para-hydroxylation sites is 1. The SMILES string of the molecule is Cc1ccc(S(=O)(=O)n2c(I)c3c4c(ccnc42)-c2ccccc2N(C)C3)cc1. The number of pyridine rings is 1. The van der Waals surface area contributed by atoms with E-state index in [4.69, 9.17) is 0 Å². The molecule has 0 fully saturated rings. The highest BCUT2D eigenvalue weighted by molar-refractivity contribution is 14.1. The largest absolute Gasteiger partial charge is 0.370 e. The predicted octanol–water partition coefficient (Wildman–Crippen LogP) is 4.80. The van der Waals surface area contributed by atoms with Gasteiger partial charge in [-0.15, -0.1) is 0 Å². The third kappa shape index (κ3) is 2.71. The second-order valence-electron chi connectivity index (χ2n) is 7.28. The lowest BCUT2D eigenvalue weighted by atomic mass is 10.0. The van der Waals surface area contributed by atoms with Gasteiger partial charge in [0.2, 0.25) is 0 Å². The Balaban J connectivity index is 1.86. The Kier molecular flexibility index (Phi) is 4.22. The summed E-state index contributed by atoms with van der Waals surface area (Å²) in [5.74, 6) is 0. The minimum absolute atomic E-state index is 0.266. The lowest BCUT2D eigenvalue weighted by Gasteiger charge is -2.20. The maximum absolute atomic E-state index is 13.6. The maximum Gasteiger partial charge on any atom is 0.270 e. The minimum atomic E-state index is -3.77. The van der Waals surface area contributed by atoms with Crippen LogP contribution < -0.4 is 4.90 Å². The van der Waals surface area contributed by atoms with Gasteiger partial charge in [-0.2, -0.15) is 0 Å². The number of aromatic nitrogens is 2. The number of anilines is 1. The molecule has 0 N–H and O–H groups in total. The highest BCUT2D eigenvalue weighted by atomic mass is 127. The molecule has 0 atom stereocenters. The molecule has 29 heavy (non-hydrogen) atoms. The summed E-state index contributed by atoms with van der Waals surface area (Å²) in [6, 6.07) is 17.1. The predicted molar refractivity (Wildman–Crippen MR) is 124 cm³/mol. The molecule has 5 rings (SSSR count). The number of hydrogen-bond donors (Lipinski definition) is 0. The van der Waals surface area contributed by atoms with Gasteiger partial charge in [0.15, 0.2) is 5.65 Å². The van der Waals surface area contributed by atoms with Crippen LogP contribution in [-0.4, -0.2) is 24.4 Å². The van der Waals surface area contributed by atoms with Gasteiger partial charge in [-0.05, 0) is 59.3 Å². The molecule has 0 spiro atoms. The fraction of sp³-hybridized carbons (Fsp3) is 0.136. The van der Waals surface area contributed by atoms with Gasteiger partial charge in [0.25, 0.3) is 10.0 Å². The van der Waals surface area contributed by atoms with Gasteiger partial charge in [-0.25, -0.2) is 17.4 Å². The lowest BCUT2D eigenvalue weighted by Crippen LogP contribution is -2.19. The summed E-state index contributed by atoms with van der Waals surface area (Å²) in [6.45, 7) is 2.55. The third-order valence-corrected chi connectivity index (χ3v) is 8.58. The Morgan fingerprint density at radius 3 is 2.48 bits per heavy atom. The van der Waals surface area contributed by atoms with Crippen molar-refractivity contribution < 1.29 is 8.42 Å². The van der Waals surface area contributed by atoms with Crippen molar-refractivity contribution in [3.8, 4) is 11.1 Å². The van der Waals surface area contributed by atoms with E-state index < -0.39 is 10.0 Å². The fourth-order valence-electron chi connectivity index (χ4n) is 3.98. The molecule has 0 saturated carbocycles. The molecule has 0 radical (unpaired) electrons. The minimum Gasteiger partial charge on any atom is -0.370 e. The van der Waals surface area contributed by atoms with Gasteiger partial charge in [0, 0.05) is 42.0 Å². The molecule has 0 aliphatic carbocycles. The van der Waals surface area contributed by atoms with E-state index >= 15 is 0 Å². The fourth-order valence-corrected chi connectivity index (χ4v) is 6.81. The summed E-state index contributed by atoms with van der Waals surface area (Å²) in [6.07, 6.45) is 1.70. The van der Waals surface area contributed by atoms with Gasteiger partial charge in [0.1, 0.15) is 3.70 Å². The quantitative estimate of drug-likeness (QED) is 0.360. The van der Waals surface area contributed by atoms with Crippen molar-refractivity contribution in [1.82, 2.24) is 8.96 Å². The van der Waals surface area contributed by atoms with Gasteiger partial charge >= 0.3 is 0 Å². The highest BCUT2D eigenvalue weighted by Crippen LogP contribution is 2.43. The first-order valence-electron chi connectivity index (χ1n) is 9.20. The Hall–Kier alpha value is -2.39. The van der Waals surface area contributed by atoms with Crippen LogP contribution in [0.5, 0.6) is 0 Å². The van der Waals surface area contributed by atoms with Gasteiger partial charge in [-0.1, -0.05) is 35.9 Å². The van der Waals surface area contributed by atoms with Crippen LogP contribution in [0, 0.1) is 10.6 Å². The molecule has 1 aliphatic heterocycles. The number of fused-ring (bicyclic) bond motifs is 2. The van der Waals surface area contributed by atoms with Gasteiger partial charge in [-0.3, -0.25) is 0 Å². The van der Waals surface area contributed by atoms with E-state index in [9.17, 15) is 8.42 Å². The average molecular weight is 515 g/mol. The van der Waals surface area contributed by atoms with Crippen molar-refractivity contribution in [2.24, 2.45) is 0 Å². The number of benzene rings is 2. The van der Waals surface area contributed by atoms with Crippen molar-refractivity contribution in [2.45, 2.75) is 18.4 Å². The smallest absolute Gasteiger partial charge is 0.270 e. The van der Waals surface area contributed by atoms with Crippen molar-refractivity contribution in [3.05, 3.63) is 75.6 Å². The molecule has 4 aromatic rings. The van der Waals surface area contributed by atoms with Gasteiger partial charge in [0.05, 0.1) is 4.90 Å². The second kappa shape index (κ2) is 6.56. The van der Waals surface area contributed by atoms with Crippen molar-refractivity contribution in [1.29, 1.82) is 0 Å². The van der Waals surface area contributed by atoms with Gasteiger partial charge < -0.3 is 4.90 Å². The molecule has 0 bridgehead atoms. The van der Waals surface area contributed by atoms with E-state index in [0.717, 1.165) is 33.3 Å². The van der Waals surface area contributed by atoms with Crippen LogP contribution in [0.25, 0.3) is 22.2 Å². The third-order valence-electron chi connectivity index (χ3n) is 5.41. The van der Waals surface area contributed by atoms with E-state index in [1.807, 2.05) is 44.3 Å². The van der Waals surface area contributed by atoms with Crippen LogP contribution >= 0.6 is 22.6 Å². The lowest BCUT2D eigenvalue weighted by molar-refractivity contribution is 0.587. The molecule has 2 aromatic carbocycles. The first-order valence-corrected chi connectivity index (χ1v) is 11.7. The summed E-state index contributed by atoms with van der Waals surface area (Å²) < 4.78 is 29.2. The monoisotopic (exact) mass is 515 g/mol. The van der Waals surface area contributed by atoms with Crippen LogP contribution in [0.2, 0.25) is 0 Å². The van der Waals surface area contributed by atoms with Crippen molar-refractivity contribution >= 4 is 49.3 Å². The summed E-state index contributed by atoms with van der Waals surface area (Å²) in [5.41, 5.74) is 5.71. The molecule has 7 heteroatoms. The molecule has 0 saturated heterocycles. The summed E-state index contributed by atoms with van der Waals surface area (Å²) in [4.78, 5) is 6.94. The van der Waals surface area contributed by atoms with Crippen molar-refractivity contribution in [3.63, 3.8) is 0 Å². The molecule has 0 unspecified atom stereocenters. The number of nitrogens with zero attached hydrogens (tertiary/aromatic N) is 3. The molecular weight excluding hydrogens is 497 g/mol. The Bertz CT molecular complexity index is 1380. The Labute approximate surface area is 183 Å². The number of rotatable bonds is 2. The maximum atomic E-state index is 13.6. The van der Waals surface area contributed by atoms with E-state index in [1.54, 1.807) is 18.3 Å². The van der Waals surface area contributed by atoms with E-state index in [1.165, 1.54) is 3.97 Å².